The van der Waals surface area contributed by atoms with Crippen molar-refractivity contribution < 1.29 is 0 Å². The van der Waals surface area contributed by atoms with Gasteiger partial charge in [-0.15, -0.1) is 0 Å². The quantitative estimate of drug-likeness (QED) is 0.433. The zero-order chi connectivity index (χ0) is 20.1. The molecule has 2 atom stereocenters. The SMILES string of the molecule is CC1=Cc2ccccc2C1CC1C(C)=Cc2c(-c3cc(C)cc(C)c3)cccc21. The Morgan fingerprint density at radius 3 is 2.10 bits per heavy atom. The molecule has 0 aliphatic heterocycles. The largest absolute Gasteiger partial charge is 0.0652 e. The van der Waals surface area contributed by atoms with Crippen molar-refractivity contribution in [3.05, 3.63) is 105 Å². The summed E-state index contributed by atoms with van der Waals surface area (Å²) in [6.07, 6.45) is 5.97. The number of benzene rings is 3. The Bertz CT molecular complexity index is 1150. The Labute approximate surface area is 174 Å². The van der Waals surface area contributed by atoms with Crippen molar-refractivity contribution in [1.82, 2.24) is 0 Å². The molecule has 0 saturated heterocycles. The number of fused-ring (bicyclic) bond motifs is 2. The standard InChI is InChI=1S/C29H28/c1-18-12-19(2)14-23(13-18)25-10-7-11-26-28(21(4)16-29(25)26)17-27-20(3)15-22-8-5-6-9-24(22)27/h5-16,27-28H,17H2,1-4H3. The minimum Gasteiger partial charge on any atom is -0.0652 e. The average molecular weight is 377 g/mol. The van der Waals surface area contributed by atoms with E-state index in [1.54, 1.807) is 0 Å². The topological polar surface area (TPSA) is 0 Å². The molecule has 5 rings (SSSR count). The van der Waals surface area contributed by atoms with E-state index in [2.05, 4.69) is 101 Å². The summed E-state index contributed by atoms with van der Waals surface area (Å²) in [6.45, 7) is 8.99. The summed E-state index contributed by atoms with van der Waals surface area (Å²) in [6, 6.07) is 22.7. The lowest BCUT2D eigenvalue weighted by molar-refractivity contribution is 0.642. The molecule has 0 nitrogen and oxygen atoms in total. The smallest absolute Gasteiger partial charge is 0.00637 e. The normalized spacial score (nSPS) is 19.6. The molecule has 0 radical (unpaired) electrons. The number of hydrogen-bond acceptors (Lipinski definition) is 0. The Morgan fingerprint density at radius 1 is 0.655 bits per heavy atom. The van der Waals surface area contributed by atoms with E-state index in [1.165, 1.54) is 55.7 Å². The van der Waals surface area contributed by atoms with Crippen LogP contribution in [-0.2, 0) is 0 Å². The van der Waals surface area contributed by atoms with Crippen LogP contribution in [0.1, 0.15) is 65.5 Å². The van der Waals surface area contributed by atoms with Crippen LogP contribution >= 0.6 is 0 Å². The Hall–Kier alpha value is -2.86. The fraction of sp³-hybridized carbons (Fsp3) is 0.241. The molecule has 0 N–H and O–H groups in total. The zero-order valence-corrected chi connectivity index (χ0v) is 17.8. The van der Waals surface area contributed by atoms with Gasteiger partial charge in [-0.3, -0.25) is 0 Å². The van der Waals surface area contributed by atoms with Crippen molar-refractivity contribution in [3.63, 3.8) is 0 Å². The molecule has 144 valence electrons. The van der Waals surface area contributed by atoms with Crippen molar-refractivity contribution in [2.75, 3.05) is 0 Å². The maximum Gasteiger partial charge on any atom is 0.00637 e. The third-order valence-electron chi connectivity index (χ3n) is 6.75. The fourth-order valence-electron chi connectivity index (χ4n) is 5.42. The van der Waals surface area contributed by atoms with E-state index < -0.39 is 0 Å². The van der Waals surface area contributed by atoms with Crippen molar-refractivity contribution in [2.45, 2.75) is 46.0 Å². The van der Waals surface area contributed by atoms with Gasteiger partial charge in [0.1, 0.15) is 0 Å². The van der Waals surface area contributed by atoms with Gasteiger partial charge in [0.25, 0.3) is 0 Å². The van der Waals surface area contributed by atoms with Gasteiger partial charge in [0.15, 0.2) is 0 Å². The minimum absolute atomic E-state index is 0.496. The van der Waals surface area contributed by atoms with Crippen LogP contribution in [0.4, 0.5) is 0 Å². The highest BCUT2D eigenvalue weighted by Gasteiger charge is 2.31. The van der Waals surface area contributed by atoms with Gasteiger partial charge in [-0.25, -0.2) is 0 Å². The van der Waals surface area contributed by atoms with Gasteiger partial charge in [0.2, 0.25) is 0 Å². The number of hydrogen-bond donors (Lipinski definition) is 0. The lowest BCUT2D eigenvalue weighted by atomic mass is 9.81. The van der Waals surface area contributed by atoms with E-state index in [0.29, 0.717) is 11.8 Å². The lowest BCUT2D eigenvalue weighted by Gasteiger charge is -2.22. The summed E-state index contributed by atoms with van der Waals surface area (Å²) >= 11 is 0. The van der Waals surface area contributed by atoms with Crippen LogP contribution in [0.3, 0.4) is 0 Å². The summed E-state index contributed by atoms with van der Waals surface area (Å²) in [4.78, 5) is 0. The van der Waals surface area contributed by atoms with E-state index in [-0.39, 0.29) is 0 Å². The number of aryl methyl sites for hydroxylation is 2. The van der Waals surface area contributed by atoms with Gasteiger partial charge in [-0.2, -0.15) is 0 Å². The second kappa shape index (κ2) is 6.88. The van der Waals surface area contributed by atoms with Gasteiger partial charge >= 0.3 is 0 Å². The fourth-order valence-corrected chi connectivity index (χ4v) is 5.42. The number of allylic oxidation sites excluding steroid dienone is 2. The highest BCUT2D eigenvalue weighted by Crippen LogP contribution is 2.49. The van der Waals surface area contributed by atoms with Gasteiger partial charge in [-0.1, -0.05) is 95.1 Å². The van der Waals surface area contributed by atoms with Crippen molar-refractivity contribution >= 4 is 12.2 Å². The van der Waals surface area contributed by atoms with Crippen LogP contribution in [-0.4, -0.2) is 0 Å². The van der Waals surface area contributed by atoms with Crippen molar-refractivity contribution in [1.29, 1.82) is 0 Å². The molecule has 29 heavy (non-hydrogen) atoms. The third-order valence-corrected chi connectivity index (χ3v) is 6.75. The maximum absolute atomic E-state index is 2.44. The molecule has 0 aromatic heterocycles. The molecule has 2 unspecified atom stereocenters. The van der Waals surface area contributed by atoms with E-state index >= 15 is 0 Å². The molecule has 0 heteroatoms. The predicted molar refractivity (Wildman–Crippen MR) is 125 cm³/mol. The minimum atomic E-state index is 0.496. The highest BCUT2D eigenvalue weighted by atomic mass is 14.3. The molecule has 3 aromatic carbocycles. The van der Waals surface area contributed by atoms with Crippen molar-refractivity contribution in [3.8, 4) is 11.1 Å². The van der Waals surface area contributed by atoms with E-state index in [0.717, 1.165) is 6.42 Å². The van der Waals surface area contributed by atoms with Gasteiger partial charge in [0, 0.05) is 11.8 Å². The Balaban J connectivity index is 1.54. The first-order chi connectivity index (χ1) is 14.0. The molecule has 0 bridgehead atoms. The molecule has 0 spiro atoms. The molecule has 3 aromatic rings. The van der Waals surface area contributed by atoms with Crippen LogP contribution in [0.5, 0.6) is 0 Å². The van der Waals surface area contributed by atoms with Gasteiger partial charge in [0.05, 0.1) is 0 Å². The van der Waals surface area contributed by atoms with E-state index in [1.807, 2.05) is 0 Å². The average Bonchev–Trinajstić information content (AvgIpc) is 3.17. The molecule has 0 fully saturated rings. The predicted octanol–water partition coefficient (Wildman–Crippen LogP) is 8.06. The monoisotopic (exact) mass is 376 g/mol. The lowest BCUT2D eigenvalue weighted by Crippen LogP contribution is -2.06. The van der Waals surface area contributed by atoms with Crippen LogP contribution in [0.15, 0.2) is 71.8 Å². The van der Waals surface area contributed by atoms with Crippen molar-refractivity contribution in [2.24, 2.45) is 0 Å². The first kappa shape index (κ1) is 18.2. The Morgan fingerprint density at radius 2 is 1.31 bits per heavy atom. The first-order valence-corrected chi connectivity index (χ1v) is 10.7. The number of rotatable bonds is 3. The summed E-state index contributed by atoms with van der Waals surface area (Å²) in [7, 11) is 0. The van der Waals surface area contributed by atoms with Gasteiger partial charge < -0.3 is 0 Å². The summed E-state index contributed by atoms with van der Waals surface area (Å²) in [5.74, 6) is 1.02. The van der Waals surface area contributed by atoms with Crippen LogP contribution in [0, 0.1) is 13.8 Å². The first-order valence-electron chi connectivity index (χ1n) is 10.7. The summed E-state index contributed by atoms with van der Waals surface area (Å²) in [5, 5.41) is 0. The van der Waals surface area contributed by atoms with Gasteiger partial charge in [-0.05, 0) is 67.5 Å². The van der Waals surface area contributed by atoms with Crippen LogP contribution in [0.2, 0.25) is 0 Å². The molecule has 0 heterocycles. The summed E-state index contributed by atoms with van der Waals surface area (Å²) < 4.78 is 0. The second-order valence-electron chi connectivity index (χ2n) is 8.93. The second-order valence-corrected chi connectivity index (χ2v) is 8.93. The maximum atomic E-state index is 2.44. The molecular weight excluding hydrogens is 348 g/mol. The zero-order valence-electron chi connectivity index (χ0n) is 17.8. The summed E-state index contributed by atoms with van der Waals surface area (Å²) in [5.41, 5.74) is 14.2. The molecule has 0 amide bonds. The molecule has 0 saturated carbocycles. The Kier molecular flexibility index (Phi) is 4.32. The highest BCUT2D eigenvalue weighted by molar-refractivity contribution is 5.82. The van der Waals surface area contributed by atoms with E-state index in [4.69, 9.17) is 0 Å². The molecule has 2 aliphatic carbocycles. The van der Waals surface area contributed by atoms with Crippen LogP contribution < -0.4 is 0 Å². The van der Waals surface area contributed by atoms with E-state index in [9.17, 15) is 0 Å². The van der Waals surface area contributed by atoms with Crippen LogP contribution in [0.25, 0.3) is 23.3 Å². The molecule has 2 aliphatic rings. The third kappa shape index (κ3) is 3.08. The molecular formula is C29H28.